The fraction of sp³-hybridized carbons (Fsp3) is 0.824. The van der Waals surface area contributed by atoms with Gasteiger partial charge in [0.15, 0.2) is 0 Å². The highest BCUT2D eigenvalue weighted by Gasteiger charge is 2.31. The number of carbonyl (C=O) groups excluding carboxylic acids is 3. The molecule has 0 radical (unpaired) electrons. The lowest BCUT2D eigenvalue weighted by Crippen LogP contribution is -2.37. The third-order valence-corrected chi connectivity index (χ3v) is 3.29. The topological polar surface area (TPSA) is 129 Å². The molecule has 152 valence electrons. The van der Waals surface area contributed by atoms with E-state index in [1.807, 2.05) is 6.92 Å². The molecule has 0 aliphatic heterocycles. The maximum Gasteiger partial charge on any atom is 0.508 e. The van der Waals surface area contributed by atoms with Gasteiger partial charge in [0.05, 0.1) is 12.0 Å². The fourth-order valence-corrected chi connectivity index (χ4v) is 1.73. The molecule has 0 bridgehead atoms. The minimum atomic E-state index is -0.978. The van der Waals surface area contributed by atoms with E-state index in [0.29, 0.717) is 6.42 Å². The van der Waals surface area contributed by atoms with Gasteiger partial charge in [-0.25, -0.2) is 4.79 Å². The Morgan fingerprint density at radius 3 is 1.85 bits per heavy atom. The molecule has 9 nitrogen and oxygen atoms in total. The molecule has 0 spiro atoms. The van der Waals surface area contributed by atoms with E-state index in [1.54, 1.807) is 6.92 Å². The lowest BCUT2D eigenvalue weighted by molar-refractivity contribution is -0.155. The molecule has 0 fully saturated rings. The van der Waals surface area contributed by atoms with E-state index in [9.17, 15) is 14.4 Å². The monoisotopic (exact) mass is 378 g/mol. The molecule has 0 heterocycles. The summed E-state index contributed by atoms with van der Waals surface area (Å²) in [5.74, 6) is -0.891. The van der Waals surface area contributed by atoms with Gasteiger partial charge in [0.1, 0.15) is 26.4 Å². The number of esters is 2. The molecule has 0 amide bonds. The highest BCUT2D eigenvalue weighted by molar-refractivity contribution is 5.69. The summed E-state index contributed by atoms with van der Waals surface area (Å²) in [6, 6.07) is 0. The Bertz CT molecular complexity index is 363. The van der Waals surface area contributed by atoms with Crippen molar-refractivity contribution in [3.63, 3.8) is 0 Å². The first-order valence-electron chi connectivity index (χ1n) is 8.69. The Hall–Kier alpha value is -1.87. The van der Waals surface area contributed by atoms with E-state index in [2.05, 4.69) is 4.74 Å². The second kappa shape index (κ2) is 14.3. The highest BCUT2D eigenvalue weighted by atomic mass is 16.7. The zero-order chi connectivity index (χ0) is 19.8. The van der Waals surface area contributed by atoms with Gasteiger partial charge >= 0.3 is 18.1 Å². The van der Waals surface area contributed by atoms with Crippen molar-refractivity contribution in [1.29, 1.82) is 0 Å². The van der Waals surface area contributed by atoms with Crippen LogP contribution in [0.15, 0.2) is 0 Å². The van der Waals surface area contributed by atoms with Crippen molar-refractivity contribution in [2.45, 2.75) is 46.0 Å². The first kappa shape index (κ1) is 24.1. The van der Waals surface area contributed by atoms with Crippen LogP contribution in [0.4, 0.5) is 4.79 Å². The second-order valence-electron chi connectivity index (χ2n) is 6.17. The molecule has 0 saturated heterocycles. The summed E-state index contributed by atoms with van der Waals surface area (Å²) < 4.78 is 19.8. The van der Waals surface area contributed by atoms with Crippen LogP contribution in [0.1, 0.15) is 46.0 Å². The van der Waals surface area contributed by atoms with Gasteiger partial charge in [-0.3, -0.25) is 9.59 Å². The number of hydrogen-bond donors (Lipinski definition) is 2. The number of hydrogen-bond acceptors (Lipinski definition) is 9. The lowest BCUT2D eigenvalue weighted by atomic mass is 9.94. The van der Waals surface area contributed by atoms with E-state index in [1.165, 1.54) is 0 Å². The van der Waals surface area contributed by atoms with Gasteiger partial charge in [0.25, 0.3) is 0 Å². The average molecular weight is 378 g/mol. The lowest BCUT2D eigenvalue weighted by Gasteiger charge is -2.27. The molecule has 0 aromatic heterocycles. The number of rotatable bonds is 14. The van der Waals surface area contributed by atoms with Crippen LogP contribution >= 0.6 is 0 Å². The minimum absolute atomic E-state index is 0.0578. The van der Waals surface area contributed by atoms with E-state index >= 15 is 0 Å². The first-order valence-corrected chi connectivity index (χ1v) is 8.69. The number of carbonyl (C=O) groups is 3. The maximum absolute atomic E-state index is 11.7. The van der Waals surface area contributed by atoms with Gasteiger partial charge < -0.3 is 29.2 Å². The SMILES string of the molecule is CCCCC(=O)OCC(C)(COC(=O)CCCO)COC(=O)OCCO. The Balaban J connectivity index is 4.60. The van der Waals surface area contributed by atoms with Crippen molar-refractivity contribution < 1.29 is 43.5 Å². The summed E-state index contributed by atoms with van der Waals surface area (Å²) in [7, 11) is 0. The molecular formula is C17H30O9. The first-order chi connectivity index (χ1) is 12.4. The predicted octanol–water partition coefficient (Wildman–Crippen LogP) is 1.19. The summed E-state index contributed by atoms with van der Waals surface area (Å²) in [6.07, 6.45) is 1.20. The highest BCUT2D eigenvalue weighted by Crippen LogP contribution is 2.20. The molecule has 26 heavy (non-hydrogen) atoms. The summed E-state index contributed by atoms with van der Waals surface area (Å²) in [5.41, 5.74) is -0.949. The smallest absolute Gasteiger partial charge is 0.465 e. The summed E-state index contributed by atoms with van der Waals surface area (Å²) >= 11 is 0. The average Bonchev–Trinajstić information content (AvgIpc) is 2.64. The van der Waals surface area contributed by atoms with Crippen LogP contribution in [0.5, 0.6) is 0 Å². The summed E-state index contributed by atoms with van der Waals surface area (Å²) in [4.78, 5) is 34.7. The van der Waals surface area contributed by atoms with Crippen LogP contribution in [-0.4, -0.2) is 67.9 Å². The third kappa shape index (κ3) is 12.5. The van der Waals surface area contributed by atoms with Crippen LogP contribution in [0.2, 0.25) is 0 Å². The van der Waals surface area contributed by atoms with Crippen molar-refractivity contribution in [3.05, 3.63) is 0 Å². The van der Waals surface area contributed by atoms with Crippen LogP contribution < -0.4 is 0 Å². The summed E-state index contributed by atoms with van der Waals surface area (Å²) in [6.45, 7) is 2.50. The molecule has 0 aromatic carbocycles. The van der Waals surface area contributed by atoms with Crippen LogP contribution in [0.25, 0.3) is 0 Å². The number of aliphatic hydroxyl groups is 2. The number of unbranched alkanes of at least 4 members (excludes halogenated alkanes) is 1. The Kier molecular flexibility index (Phi) is 13.3. The molecule has 0 aliphatic carbocycles. The molecule has 9 heteroatoms. The van der Waals surface area contributed by atoms with E-state index in [0.717, 1.165) is 6.42 Å². The zero-order valence-electron chi connectivity index (χ0n) is 15.5. The van der Waals surface area contributed by atoms with E-state index < -0.39 is 17.5 Å². The second-order valence-corrected chi connectivity index (χ2v) is 6.17. The van der Waals surface area contributed by atoms with Crippen molar-refractivity contribution in [1.82, 2.24) is 0 Å². The Morgan fingerprint density at radius 1 is 0.808 bits per heavy atom. The predicted molar refractivity (Wildman–Crippen MR) is 90.3 cm³/mol. The minimum Gasteiger partial charge on any atom is -0.465 e. The Morgan fingerprint density at radius 2 is 1.35 bits per heavy atom. The van der Waals surface area contributed by atoms with Gasteiger partial charge in [-0.2, -0.15) is 0 Å². The van der Waals surface area contributed by atoms with Gasteiger partial charge in [-0.15, -0.1) is 0 Å². The number of aliphatic hydroxyl groups excluding tert-OH is 2. The maximum atomic E-state index is 11.7. The van der Waals surface area contributed by atoms with Gasteiger partial charge in [0, 0.05) is 19.4 Å². The van der Waals surface area contributed by atoms with Crippen molar-refractivity contribution in [2.24, 2.45) is 5.41 Å². The molecule has 0 rings (SSSR count). The zero-order valence-corrected chi connectivity index (χ0v) is 15.5. The molecule has 2 N–H and O–H groups in total. The summed E-state index contributed by atoms with van der Waals surface area (Å²) in [5, 5.41) is 17.3. The molecule has 1 atom stereocenters. The van der Waals surface area contributed by atoms with Gasteiger partial charge in [-0.05, 0) is 19.8 Å². The van der Waals surface area contributed by atoms with Crippen LogP contribution in [0.3, 0.4) is 0 Å². The third-order valence-electron chi connectivity index (χ3n) is 3.29. The van der Waals surface area contributed by atoms with Crippen molar-refractivity contribution in [2.75, 3.05) is 39.6 Å². The standard InChI is InChI=1S/C17H30O9/c1-3-4-6-14(20)24-11-17(2,12-25-15(21)7-5-8-18)13-26-16(22)23-10-9-19/h18-19H,3-13H2,1-2H3. The number of ether oxygens (including phenoxy) is 4. The quantitative estimate of drug-likeness (QED) is 0.338. The Labute approximate surface area is 153 Å². The van der Waals surface area contributed by atoms with E-state index in [-0.39, 0.29) is 64.9 Å². The van der Waals surface area contributed by atoms with Crippen LogP contribution in [0, 0.1) is 5.41 Å². The van der Waals surface area contributed by atoms with Crippen LogP contribution in [-0.2, 0) is 28.5 Å². The fourth-order valence-electron chi connectivity index (χ4n) is 1.73. The van der Waals surface area contributed by atoms with Gasteiger partial charge in [0.2, 0.25) is 0 Å². The molecule has 0 aliphatic rings. The van der Waals surface area contributed by atoms with Gasteiger partial charge in [-0.1, -0.05) is 13.3 Å². The molecular weight excluding hydrogens is 348 g/mol. The molecule has 1 unspecified atom stereocenters. The van der Waals surface area contributed by atoms with E-state index in [4.69, 9.17) is 24.4 Å². The van der Waals surface area contributed by atoms with Crippen molar-refractivity contribution >= 4 is 18.1 Å². The largest absolute Gasteiger partial charge is 0.508 e. The molecule has 0 aromatic rings. The van der Waals surface area contributed by atoms with Crippen molar-refractivity contribution in [3.8, 4) is 0 Å². The molecule has 0 saturated carbocycles. The normalized spacial score (nSPS) is 12.8.